The molecule has 0 amide bonds. The van der Waals surface area contributed by atoms with Crippen LogP contribution in [0.4, 0.5) is 0 Å². The quantitative estimate of drug-likeness (QED) is 0.359. The summed E-state index contributed by atoms with van der Waals surface area (Å²) in [7, 11) is 0.301. The summed E-state index contributed by atoms with van der Waals surface area (Å²) in [5, 5.41) is 4.27. The predicted octanol–water partition coefficient (Wildman–Crippen LogP) is -0.917. The summed E-state index contributed by atoms with van der Waals surface area (Å²) in [4.78, 5) is 0. The molecule has 0 radical (unpaired) electrons. The van der Waals surface area contributed by atoms with Crippen molar-refractivity contribution >= 4 is 18.7 Å². The summed E-state index contributed by atoms with van der Waals surface area (Å²) < 4.78 is 0. The van der Waals surface area contributed by atoms with Crippen molar-refractivity contribution in [2.75, 3.05) is 12.3 Å². The second-order valence-electron chi connectivity index (χ2n) is 4.63. The Morgan fingerprint density at radius 3 is 2.62 bits per heavy atom. The largest absolute Gasteiger partial charge is 4.00 e. The zero-order chi connectivity index (χ0) is 12.4. The van der Waals surface area contributed by atoms with Crippen molar-refractivity contribution in [2.24, 2.45) is 0 Å². The minimum Gasteiger partial charge on any atom is -1.00 e. The van der Waals surface area contributed by atoms with Crippen molar-refractivity contribution in [2.45, 2.75) is 13.3 Å². The van der Waals surface area contributed by atoms with Crippen molar-refractivity contribution in [3.05, 3.63) is 65.5 Å². The van der Waals surface area contributed by atoms with Crippen LogP contribution >= 0.6 is 7.92 Å². The standard InChI is InChI=1S/C9H7.C8H10P.2FH.Ti/c1-2-5-9-7-3-6-8(9)4-1;1-2-9-6-7-4-3-5-8(7)9;;;/h1-7H;4H,2-3,6H2,1H3;2*1H;/q2*-1;;;+4/p-2. The maximum absolute atomic E-state index is 3.41. The summed E-state index contributed by atoms with van der Waals surface area (Å²) in [6, 6.07) is 14.7. The fourth-order valence-electron chi connectivity index (χ4n) is 2.47. The van der Waals surface area contributed by atoms with Gasteiger partial charge in [-0.1, -0.05) is 19.2 Å². The molecule has 0 saturated carbocycles. The number of hydrogen-bond donors (Lipinski definition) is 0. The smallest absolute Gasteiger partial charge is 1.00 e. The molecular weight excluding hydrogens is 321 g/mol. The maximum Gasteiger partial charge on any atom is 4.00 e. The van der Waals surface area contributed by atoms with Crippen molar-refractivity contribution in [3.8, 4) is 0 Å². The molecule has 0 N–H and O–H groups in total. The van der Waals surface area contributed by atoms with Gasteiger partial charge >= 0.3 is 21.7 Å². The van der Waals surface area contributed by atoms with E-state index < -0.39 is 0 Å². The molecule has 0 nitrogen and oxygen atoms in total. The molecule has 4 rings (SSSR count). The SMILES string of the molecule is CCP1CC2=CC[C-]=C21.[F-].[F-].[Ti+4].c1ccc2[cH-]ccc2c1. The molecule has 0 bridgehead atoms. The molecule has 1 atom stereocenters. The van der Waals surface area contributed by atoms with E-state index in [1.165, 1.54) is 23.1 Å². The van der Waals surface area contributed by atoms with E-state index >= 15 is 0 Å². The topological polar surface area (TPSA) is 0 Å². The molecule has 108 valence electrons. The molecule has 1 unspecified atom stereocenters. The van der Waals surface area contributed by atoms with E-state index in [2.05, 4.69) is 61.5 Å². The third-order valence-electron chi connectivity index (χ3n) is 3.53. The van der Waals surface area contributed by atoms with E-state index in [0.717, 1.165) is 6.42 Å². The minimum absolute atomic E-state index is 0. The normalized spacial score (nSPS) is 17.5. The second-order valence-corrected chi connectivity index (χ2v) is 7.10. The first-order valence-corrected chi connectivity index (χ1v) is 8.25. The Morgan fingerprint density at radius 2 is 1.95 bits per heavy atom. The average Bonchev–Trinajstić information content (AvgIpc) is 2.98. The Hall–Kier alpha value is -0.686. The van der Waals surface area contributed by atoms with Crippen LogP contribution in [0.2, 0.25) is 0 Å². The summed E-state index contributed by atoms with van der Waals surface area (Å²) >= 11 is 0. The Labute approximate surface area is 141 Å². The van der Waals surface area contributed by atoms with Gasteiger partial charge in [-0.15, -0.1) is 44.0 Å². The van der Waals surface area contributed by atoms with E-state index in [9.17, 15) is 0 Å². The van der Waals surface area contributed by atoms with Gasteiger partial charge in [0.05, 0.1) is 0 Å². The van der Waals surface area contributed by atoms with Crippen LogP contribution < -0.4 is 9.41 Å². The van der Waals surface area contributed by atoms with E-state index in [-0.39, 0.29) is 31.1 Å². The van der Waals surface area contributed by atoms with Crippen LogP contribution in [0.3, 0.4) is 0 Å². The summed E-state index contributed by atoms with van der Waals surface area (Å²) in [5.41, 5.74) is 1.61. The summed E-state index contributed by atoms with van der Waals surface area (Å²) in [5.74, 6) is 0. The number of hydrogen-bond acceptors (Lipinski definition) is 0. The van der Waals surface area contributed by atoms with Gasteiger partial charge in [0.15, 0.2) is 0 Å². The van der Waals surface area contributed by atoms with E-state index in [1.54, 1.807) is 10.9 Å². The van der Waals surface area contributed by atoms with Crippen LogP contribution in [0, 0.1) is 6.08 Å². The second kappa shape index (κ2) is 9.36. The van der Waals surface area contributed by atoms with Crippen LogP contribution in [-0.2, 0) is 21.7 Å². The Balaban J connectivity index is 0.000000333. The fourth-order valence-corrected chi connectivity index (χ4v) is 4.49. The molecular formula is C17H17F2PTi. The van der Waals surface area contributed by atoms with Gasteiger partial charge in [-0.3, -0.25) is 6.08 Å². The average molecular weight is 338 g/mol. The molecule has 21 heavy (non-hydrogen) atoms. The van der Waals surface area contributed by atoms with Gasteiger partial charge in [-0.25, -0.2) is 0 Å². The number of rotatable bonds is 1. The molecule has 1 aliphatic heterocycles. The van der Waals surface area contributed by atoms with E-state index in [1.807, 2.05) is 0 Å². The number of allylic oxidation sites excluding steroid dienone is 4. The number of halogens is 2. The van der Waals surface area contributed by atoms with Crippen LogP contribution in [0.1, 0.15) is 13.3 Å². The van der Waals surface area contributed by atoms with Gasteiger partial charge in [-0.2, -0.15) is 34.5 Å². The first-order chi connectivity index (χ1) is 8.88. The third-order valence-corrected chi connectivity index (χ3v) is 6.09. The molecule has 4 heteroatoms. The number of benzene rings is 1. The van der Waals surface area contributed by atoms with Gasteiger partial charge in [0.1, 0.15) is 0 Å². The van der Waals surface area contributed by atoms with E-state index in [4.69, 9.17) is 0 Å². The van der Waals surface area contributed by atoms with E-state index in [0.29, 0.717) is 7.92 Å². The zero-order valence-electron chi connectivity index (χ0n) is 11.9. The molecule has 2 aromatic rings. The fraction of sp³-hybridized carbons (Fsp3) is 0.235. The first kappa shape index (κ1) is 20.3. The van der Waals surface area contributed by atoms with Gasteiger partial charge in [-0.05, 0) is 6.16 Å². The maximum atomic E-state index is 3.41. The Bertz CT molecular complexity index is 586. The molecule has 1 saturated heterocycles. The van der Waals surface area contributed by atoms with Crippen molar-refractivity contribution < 1.29 is 31.1 Å². The van der Waals surface area contributed by atoms with Crippen molar-refractivity contribution in [3.63, 3.8) is 0 Å². The molecule has 1 heterocycles. The predicted molar refractivity (Wildman–Crippen MR) is 81.3 cm³/mol. The zero-order valence-corrected chi connectivity index (χ0v) is 14.4. The number of fused-ring (bicyclic) bond motifs is 2. The van der Waals surface area contributed by atoms with Gasteiger partial charge in [0.2, 0.25) is 0 Å². The van der Waals surface area contributed by atoms with Crippen molar-refractivity contribution in [1.29, 1.82) is 0 Å². The first-order valence-electron chi connectivity index (χ1n) is 6.54. The molecule has 0 aromatic heterocycles. The molecule has 2 aromatic carbocycles. The van der Waals surface area contributed by atoms with Gasteiger partial charge in [0.25, 0.3) is 0 Å². The molecule has 2 aliphatic rings. The molecule has 1 aliphatic carbocycles. The summed E-state index contributed by atoms with van der Waals surface area (Å²) in [6.45, 7) is 2.29. The Kier molecular flexibility index (Phi) is 9.05. The van der Waals surface area contributed by atoms with Gasteiger partial charge in [0, 0.05) is 0 Å². The molecule has 0 spiro atoms. The van der Waals surface area contributed by atoms with Crippen LogP contribution in [0.15, 0.2) is 59.4 Å². The third kappa shape index (κ3) is 4.39. The Morgan fingerprint density at radius 1 is 1.19 bits per heavy atom. The summed E-state index contributed by atoms with van der Waals surface area (Å²) in [6.07, 6.45) is 9.60. The van der Waals surface area contributed by atoms with Gasteiger partial charge < -0.3 is 9.41 Å². The monoisotopic (exact) mass is 338 g/mol. The van der Waals surface area contributed by atoms with Crippen LogP contribution in [0.5, 0.6) is 0 Å². The van der Waals surface area contributed by atoms with Crippen molar-refractivity contribution in [1.82, 2.24) is 0 Å². The van der Waals surface area contributed by atoms with Crippen LogP contribution in [0.25, 0.3) is 10.8 Å². The molecule has 1 fully saturated rings. The minimum atomic E-state index is 0. The van der Waals surface area contributed by atoms with Crippen LogP contribution in [-0.4, -0.2) is 12.3 Å².